The minimum atomic E-state index is -4.59. The van der Waals surface area contributed by atoms with Gasteiger partial charge in [-0.15, -0.1) is 0 Å². The fourth-order valence-electron chi connectivity index (χ4n) is 2.86. The number of alkyl halides is 3. The van der Waals surface area contributed by atoms with E-state index in [4.69, 9.17) is 0 Å². The third-order valence-electron chi connectivity index (χ3n) is 3.89. The number of aromatic nitrogens is 2. The maximum atomic E-state index is 12.9. The fraction of sp³-hybridized carbons (Fsp3) is 0.692. The van der Waals surface area contributed by atoms with Crippen molar-refractivity contribution in [2.24, 2.45) is 7.05 Å². The van der Waals surface area contributed by atoms with Crippen LogP contribution in [0.15, 0.2) is 4.47 Å². The summed E-state index contributed by atoms with van der Waals surface area (Å²) in [7, 11) is 1.35. The predicted molar refractivity (Wildman–Crippen MR) is 74.9 cm³/mol. The molecule has 0 radical (unpaired) electrons. The Kier molecular flexibility index (Phi) is 4.37. The van der Waals surface area contributed by atoms with Crippen LogP contribution in [-0.2, 0) is 13.2 Å². The van der Waals surface area contributed by atoms with Gasteiger partial charge in [-0.3, -0.25) is 9.48 Å². The van der Waals surface area contributed by atoms with E-state index in [-0.39, 0.29) is 22.3 Å². The Hall–Kier alpha value is -1.05. The predicted octanol–water partition coefficient (Wildman–Crippen LogP) is 3.60. The van der Waals surface area contributed by atoms with E-state index in [1.165, 1.54) is 7.05 Å². The van der Waals surface area contributed by atoms with E-state index in [1.54, 1.807) is 4.90 Å². The van der Waals surface area contributed by atoms with Crippen LogP contribution in [0.2, 0.25) is 0 Å². The molecule has 1 aromatic rings. The Morgan fingerprint density at radius 2 is 1.81 bits per heavy atom. The second-order valence-electron chi connectivity index (χ2n) is 5.47. The molecule has 0 spiro atoms. The van der Waals surface area contributed by atoms with Gasteiger partial charge in [-0.25, -0.2) is 0 Å². The van der Waals surface area contributed by atoms with Crippen LogP contribution in [-0.4, -0.2) is 32.7 Å². The number of likely N-dealkylation sites (tertiary alicyclic amines) is 1. The molecule has 1 fully saturated rings. The first-order chi connectivity index (χ1) is 9.64. The zero-order valence-corrected chi connectivity index (χ0v) is 13.6. The number of nitrogens with zero attached hydrogens (tertiary/aromatic N) is 3. The number of halogens is 4. The lowest BCUT2D eigenvalue weighted by Crippen LogP contribution is -2.48. The molecule has 4 nitrogen and oxygen atoms in total. The molecule has 1 saturated heterocycles. The van der Waals surface area contributed by atoms with E-state index >= 15 is 0 Å². The monoisotopic (exact) mass is 367 g/mol. The second-order valence-corrected chi connectivity index (χ2v) is 6.27. The number of carbonyl (C=O) groups is 1. The van der Waals surface area contributed by atoms with Gasteiger partial charge < -0.3 is 4.90 Å². The highest BCUT2D eigenvalue weighted by Gasteiger charge is 2.41. The summed E-state index contributed by atoms with van der Waals surface area (Å²) in [6, 6.07) is 0.0229. The van der Waals surface area contributed by atoms with Gasteiger partial charge in [0.2, 0.25) is 0 Å². The third-order valence-corrected chi connectivity index (χ3v) is 4.64. The van der Waals surface area contributed by atoms with Crippen LogP contribution in [0.25, 0.3) is 0 Å². The first-order valence-corrected chi connectivity index (χ1v) is 7.56. The minimum Gasteiger partial charge on any atom is -0.332 e. The Morgan fingerprint density at radius 1 is 1.29 bits per heavy atom. The molecule has 118 valence electrons. The van der Waals surface area contributed by atoms with Gasteiger partial charge in [0.05, 0.1) is 4.47 Å². The standard InChI is InChI=1S/C13H17BrF3N3O/c1-7-5-4-6-8(2)20(7)12(21)10-9(14)11(13(15,16)17)18-19(10)3/h7-8H,4-6H2,1-3H3/t7-,8-/m1/s1. The Bertz CT molecular complexity index is 546. The zero-order chi connectivity index (χ0) is 15.9. The molecular weight excluding hydrogens is 351 g/mol. The van der Waals surface area contributed by atoms with Gasteiger partial charge in [0.1, 0.15) is 5.69 Å². The maximum Gasteiger partial charge on any atom is 0.436 e. The first kappa shape index (κ1) is 16.3. The largest absolute Gasteiger partial charge is 0.436 e. The number of hydrogen-bond acceptors (Lipinski definition) is 2. The number of aryl methyl sites for hydroxylation is 1. The van der Waals surface area contributed by atoms with Crippen molar-refractivity contribution in [1.29, 1.82) is 0 Å². The number of carbonyl (C=O) groups excluding carboxylic acids is 1. The molecule has 2 atom stereocenters. The number of rotatable bonds is 1. The minimum absolute atomic E-state index is 0.0115. The summed E-state index contributed by atoms with van der Waals surface area (Å²) < 4.78 is 39.3. The lowest BCUT2D eigenvalue weighted by Gasteiger charge is -2.39. The normalized spacial score (nSPS) is 23.5. The maximum absolute atomic E-state index is 12.9. The third kappa shape index (κ3) is 2.95. The van der Waals surface area contributed by atoms with Crippen LogP contribution < -0.4 is 0 Å². The molecule has 0 unspecified atom stereocenters. The molecule has 0 N–H and O–H groups in total. The van der Waals surface area contributed by atoms with Crippen molar-refractivity contribution in [1.82, 2.24) is 14.7 Å². The summed E-state index contributed by atoms with van der Waals surface area (Å²) in [5.41, 5.74) is -1.12. The van der Waals surface area contributed by atoms with Crippen molar-refractivity contribution in [3.05, 3.63) is 15.9 Å². The molecule has 1 aromatic heterocycles. The van der Waals surface area contributed by atoms with Crippen LogP contribution in [0.4, 0.5) is 13.2 Å². The van der Waals surface area contributed by atoms with Gasteiger partial charge >= 0.3 is 6.18 Å². The second kappa shape index (κ2) is 5.62. The summed E-state index contributed by atoms with van der Waals surface area (Å²) in [5, 5.41) is 3.44. The van der Waals surface area contributed by atoms with Crippen molar-refractivity contribution in [2.45, 2.75) is 51.4 Å². The van der Waals surface area contributed by atoms with Gasteiger partial charge in [0, 0.05) is 19.1 Å². The average Bonchev–Trinajstić information content (AvgIpc) is 2.64. The molecule has 1 aliphatic rings. The van der Waals surface area contributed by atoms with Crippen molar-refractivity contribution in [3.8, 4) is 0 Å². The average molecular weight is 368 g/mol. The summed E-state index contributed by atoms with van der Waals surface area (Å²) in [5.74, 6) is -0.410. The van der Waals surface area contributed by atoms with E-state index in [0.717, 1.165) is 23.9 Å². The molecule has 21 heavy (non-hydrogen) atoms. The quantitative estimate of drug-likeness (QED) is 0.760. The molecule has 2 heterocycles. The summed E-state index contributed by atoms with van der Waals surface area (Å²) in [6.07, 6.45) is -1.85. The van der Waals surface area contributed by atoms with E-state index in [2.05, 4.69) is 21.0 Å². The van der Waals surface area contributed by atoms with Crippen LogP contribution >= 0.6 is 15.9 Å². The van der Waals surface area contributed by atoms with Gasteiger partial charge in [0.25, 0.3) is 5.91 Å². The smallest absolute Gasteiger partial charge is 0.332 e. The Morgan fingerprint density at radius 3 is 2.24 bits per heavy atom. The van der Waals surface area contributed by atoms with E-state index in [9.17, 15) is 18.0 Å². The Balaban J connectivity index is 2.42. The number of piperidine rings is 1. The summed E-state index contributed by atoms with van der Waals surface area (Å²) >= 11 is 2.89. The highest BCUT2D eigenvalue weighted by molar-refractivity contribution is 9.10. The first-order valence-electron chi connectivity index (χ1n) is 6.77. The molecule has 0 aromatic carbocycles. The van der Waals surface area contributed by atoms with E-state index < -0.39 is 17.8 Å². The number of hydrogen-bond donors (Lipinski definition) is 0. The molecule has 0 bridgehead atoms. The topological polar surface area (TPSA) is 38.1 Å². The lowest BCUT2D eigenvalue weighted by molar-refractivity contribution is -0.142. The fourth-order valence-corrected chi connectivity index (χ4v) is 3.59. The highest BCUT2D eigenvalue weighted by atomic mass is 79.9. The van der Waals surface area contributed by atoms with Crippen molar-refractivity contribution < 1.29 is 18.0 Å². The highest BCUT2D eigenvalue weighted by Crippen LogP contribution is 2.36. The van der Waals surface area contributed by atoms with Crippen LogP contribution in [0.1, 0.15) is 49.3 Å². The molecule has 8 heteroatoms. The van der Waals surface area contributed by atoms with E-state index in [0.29, 0.717) is 0 Å². The molecule has 0 saturated carbocycles. The lowest BCUT2D eigenvalue weighted by atomic mass is 9.97. The van der Waals surface area contributed by atoms with Gasteiger partial charge in [-0.05, 0) is 49.0 Å². The zero-order valence-electron chi connectivity index (χ0n) is 12.0. The van der Waals surface area contributed by atoms with Crippen molar-refractivity contribution in [2.75, 3.05) is 0 Å². The van der Waals surface area contributed by atoms with Gasteiger partial charge in [0.15, 0.2) is 5.69 Å². The van der Waals surface area contributed by atoms with Gasteiger partial charge in [-0.1, -0.05) is 0 Å². The number of amides is 1. The van der Waals surface area contributed by atoms with E-state index in [1.807, 2.05) is 13.8 Å². The SMILES string of the molecule is C[C@@H]1CCC[C@@H](C)N1C(=O)c1c(Br)c(C(F)(F)F)nn1C. The molecule has 0 aliphatic carbocycles. The molecule has 2 rings (SSSR count). The van der Waals surface area contributed by atoms with Crippen LogP contribution in [0, 0.1) is 0 Å². The van der Waals surface area contributed by atoms with Crippen molar-refractivity contribution >= 4 is 21.8 Å². The Labute approximate surface area is 129 Å². The van der Waals surface area contributed by atoms with Crippen molar-refractivity contribution in [3.63, 3.8) is 0 Å². The van der Waals surface area contributed by atoms with Gasteiger partial charge in [-0.2, -0.15) is 18.3 Å². The molecular formula is C13H17BrF3N3O. The molecule has 1 aliphatic heterocycles. The van der Waals surface area contributed by atoms with Crippen LogP contribution in [0.3, 0.4) is 0 Å². The molecule has 1 amide bonds. The summed E-state index contributed by atoms with van der Waals surface area (Å²) in [6.45, 7) is 3.84. The van der Waals surface area contributed by atoms with Crippen LogP contribution in [0.5, 0.6) is 0 Å². The summed E-state index contributed by atoms with van der Waals surface area (Å²) in [4.78, 5) is 14.3.